The molecule has 0 saturated carbocycles. The number of rotatable bonds is 4. The van der Waals surface area contributed by atoms with Gasteiger partial charge in [-0.15, -0.1) is 0 Å². The molecule has 3 N–H and O–H groups in total. The first kappa shape index (κ1) is 13.1. The standard InChI is InChI=1S/C14H18N4O2/c1-19-14(4-5-20-8-14)7-16-13-11-3-2-10(15)6-12(11)17-9-18-13/h2-3,6,9H,4-5,7-8,15H2,1H3,(H,16,17,18). The van der Waals surface area contributed by atoms with Gasteiger partial charge in [-0.3, -0.25) is 0 Å². The fourth-order valence-corrected chi connectivity index (χ4v) is 2.42. The molecule has 2 heterocycles. The van der Waals surface area contributed by atoms with Crippen LogP contribution in [0.3, 0.4) is 0 Å². The number of nitrogen functional groups attached to an aromatic ring is 1. The summed E-state index contributed by atoms with van der Waals surface area (Å²) in [6.45, 7) is 1.99. The third-order valence-corrected chi connectivity index (χ3v) is 3.74. The molecule has 20 heavy (non-hydrogen) atoms. The quantitative estimate of drug-likeness (QED) is 0.821. The topological polar surface area (TPSA) is 82.3 Å². The molecule has 1 aliphatic rings. The van der Waals surface area contributed by atoms with Gasteiger partial charge in [0.25, 0.3) is 0 Å². The Morgan fingerprint density at radius 1 is 1.45 bits per heavy atom. The van der Waals surface area contributed by atoms with Crippen molar-refractivity contribution < 1.29 is 9.47 Å². The van der Waals surface area contributed by atoms with Crippen LogP contribution in [0.1, 0.15) is 6.42 Å². The van der Waals surface area contributed by atoms with Crippen molar-refractivity contribution in [2.45, 2.75) is 12.0 Å². The van der Waals surface area contributed by atoms with Crippen molar-refractivity contribution in [1.82, 2.24) is 9.97 Å². The number of aromatic nitrogens is 2. The van der Waals surface area contributed by atoms with Crippen molar-refractivity contribution >= 4 is 22.4 Å². The Balaban J connectivity index is 1.84. The first-order chi connectivity index (χ1) is 9.72. The summed E-state index contributed by atoms with van der Waals surface area (Å²) in [6, 6.07) is 5.62. The highest BCUT2D eigenvalue weighted by atomic mass is 16.5. The maximum Gasteiger partial charge on any atom is 0.137 e. The summed E-state index contributed by atoms with van der Waals surface area (Å²) in [5.74, 6) is 0.790. The first-order valence-electron chi connectivity index (χ1n) is 6.59. The van der Waals surface area contributed by atoms with E-state index < -0.39 is 0 Å². The summed E-state index contributed by atoms with van der Waals surface area (Å²) >= 11 is 0. The highest BCUT2D eigenvalue weighted by Crippen LogP contribution is 2.25. The number of nitrogens with zero attached hydrogens (tertiary/aromatic N) is 2. The van der Waals surface area contributed by atoms with E-state index in [0.717, 1.165) is 29.7 Å². The molecule has 6 nitrogen and oxygen atoms in total. The second-order valence-corrected chi connectivity index (χ2v) is 5.04. The lowest BCUT2D eigenvalue weighted by atomic mass is 10.0. The molecule has 0 bridgehead atoms. The summed E-state index contributed by atoms with van der Waals surface area (Å²) in [5.41, 5.74) is 7.02. The van der Waals surface area contributed by atoms with Gasteiger partial charge in [-0.1, -0.05) is 0 Å². The molecular weight excluding hydrogens is 256 g/mol. The van der Waals surface area contributed by atoms with Crippen LogP contribution in [-0.2, 0) is 9.47 Å². The third kappa shape index (κ3) is 2.39. The number of ether oxygens (including phenoxy) is 2. The normalized spacial score (nSPS) is 22.2. The number of anilines is 2. The molecule has 6 heteroatoms. The first-order valence-corrected chi connectivity index (χ1v) is 6.59. The molecule has 0 amide bonds. The Morgan fingerprint density at radius 2 is 2.35 bits per heavy atom. The van der Waals surface area contributed by atoms with Crippen molar-refractivity contribution in [3.8, 4) is 0 Å². The molecule has 3 rings (SSSR count). The third-order valence-electron chi connectivity index (χ3n) is 3.74. The van der Waals surface area contributed by atoms with Crippen molar-refractivity contribution in [2.75, 3.05) is 37.9 Å². The van der Waals surface area contributed by atoms with Gasteiger partial charge < -0.3 is 20.5 Å². The zero-order valence-electron chi connectivity index (χ0n) is 11.4. The highest BCUT2D eigenvalue weighted by Gasteiger charge is 2.34. The molecule has 106 valence electrons. The number of fused-ring (bicyclic) bond motifs is 1. The van der Waals surface area contributed by atoms with Crippen molar-refractivity contribution in [3.63, 3.8) is 0 Å². The van der Waals surface area contributed by atoms with Crippen LogP contribution in [-0.4, -0.2) is 42.4 Å². The van der Waals surface area contributed by atoms with Crippen LogP contribution in [0.4, 0.5) is 11.5 Å². The molecule has 0 spiro atoms. The van der Waals surface area contributed by atoms with E-state index >= 15 is 0 Å². The number of methoxy groups -OCH3 is 1. The fraction of sp³-hybridized carbons (Fsp3) is 0.429. The lowest BCUT2D eigenvalue weighted by Gasteiger charge is -2.26. The summed E-state index contributed by atoms with van der Waals surface area (Å²) in [4.78, 5) is 8.54. The smallest absolute Gasteiger partial charge is 0.137 e. The maximum atomic E-state index is 5.77. The number of benzene rings is 1. The van der Waals surface area contributed by atoms with Gasteiger partial charge in [0.05, 0.1) is 12.1 Å². The molecule has 1 aromatic carbocycles. The van der Waals surface area contributed by atoms with E-state index in [1.807, 2.05) is 18.2 Å². The highest BCUT2D eigenvalue weighted by molar-refractivity contribution is 5.90. The Morgan fingerprint density at radius 3 is 3.10 bits per heavy atom. The molecule has 2 aromatic rings. The molecule has 0 radical (unpaired) electrons. The SMILES string of the molecule is COC1(CNc2ncnc3cc(N)ccc23)CCOC1. The number of hydrogen-bond donors (Lipinski definition) is 2. The molecule has 1 unspecified atom stereocenters. The van der Waals surface area contributed by atoms with E-state index in [1.165, 1.54) is 6.33 Å². The monoisotopic (exact) mass is 274 g/mol. The lowest BCUT2D eigenvalue weighted by molar-refractivity contribution is -0.00623. The predicted molar refractivity (Wildman–Crippen MR) is 77.6 cm³/mol. The van der Waals surface area contributed by atoms with E-state index in [1.54, 1.807) is 7.11 Å². The lowest BCUT2D eigenvalue weighted by Crippen LogP contribution is -2.39. The van der Waals surface area contributed by atoms with E-state index in [0.29, 0.717) is 18.8 Å². The number of nitrogens with one attached hydrogen (secondary N) is 1. The summed E-state index contributed by atoms with van der Waals surface area (Å²) < 4.78 is 11.0. The van der Waals surface area contributed by atoms with Crippen LogP contribution in [0.25, 0.3) is 10.9 Å². The van der Waals surface area contributed by atoms with Crippen LogP contribution in [0, 0.1) is 0 Å². The molecule has 1 aliphatic heterocycles. The maximum absolute atomic E-state index is 5.77. The van der Waals surface area contributed by atoms with Gasteiger partial charge >= 0.3 is 0 Å². The number of nitrogens with two attached hydrogens (primary N) is 1. The molecule has 1 fully saturated rings. The summed E-state index contributed by atoms with van der Waals surface area (Å²) in [6.07, 6.45) is 2.42. The van der Waals surface area contributed by atoms with Crippen molar-refractivity contribution in [2.24, 2.45) is 0 Å². The van der Waals surface area contributed by atoms with Crippen LogP contribution in [0.5, 0.6) is 0 Å². The Labute approximate surface area is 117 Å². The Kier molecular flexibility index (Phi) is 3.42. The van der Waals surface area contributed by atoms with Crippen LogP contribution >= 0.6 is 0 Å². The molecule has 1 aromatic heterocycles. The average Bonchev–Trinajstić information content (AvgIpc) is 2.94. The van der Waals surface area contributed by atoms with Gasteiger partial charge in [-0.2, -0.15) is 0 Å². The zero-order chi connectivity index (χ0) is 14.0. The molecule has 0 aliphatic carbocycles. The second-order valence-electron chi connectivity index (χ2n) is 5.04. The van der Waals surface area contributed by atoms with E-state index in [9.17, 15) is 0 Å². The molecule has 1 atom stereocenters. The fourth-order valence-electron chi connectivity index (χ4n) is 2.42. The summed E-state index contributed by atoms with van der Waals surface area (Å²) in [5, 5.41) is 4.29. The van der Waals surface area contributed by atoms with Gasteiger partial charge in [0.15, 0.2) is 0 Å². The van der Waals surface area contributed by atoms with Crippen molar-refractivity contribution in [3.05, 3.63) is 24.5 Å². The Bertz CT molecular complexity index is 611. The minimum atomic E-state index is -0.273. The average molecular weight is 274 g/mol. The van der Waals surface area contributed by atoms with Crippen LogP contribution < -0.4 is 11.1 Å². The van der Waals surface area contributed by atoms with Crippen LogP contribution in [0.2, 0.25) is 0 Å². The van der Waals surface area contributed by atoms with Gasteiger partial charge in [-0.05, 0) is 18.2 Å². The zero-order valence-corrected chi connectivity index (χ0v) is 11.4. The van der Waals surface area contributed by atoms with E-state index in [4.69, 9.17) is 15.2 Å². The van der Waals surface area contributed by atoms with E-state index in [-0.39, 0.29) is 5.60 Å². The van der Waals surface area contributed by atoms with E-state index in [2.05, 4.69) is 15.3 Å². The Hall–Kier alpha value is -1.92. The van der Waals surface area contributed by atoms with Gasteiger partial charge in [0.2, 0.25) is 0 Å². The summed E-state index contributed by atoms with van der Waals surface area (Å²) in [7, 11) is 1.72. The van der Waals surface area contributed by atoms with Gasteiger partial charge in [-0.25, -0.2) is 9.97 Å². The largest absolute Gasteiger partial charge is 0.399 e. The molecular formula is C14H18N4O2. The van der Waals surface area contributed by atoms with Crippen LogP contribution in [0.15, 0.2) is 24.5 Å². The second kappa shape index (κ2) is 5.22. The predicted octanol–water partition coefficient (Wildman–Crippen LogP) is 1.43. The van der Waals surface area contributed by atoms with Gasteiger partial charge in [0, 0.05) is 37.8 Å². The molecule has 1 saturated heterocycles. The van der Waals surface area contributed by atoms with Crippen molar-refractivity contribution in [1.29, 1.82) is 0 Å². The van der Waals surface area contributed by atoms with Gasteiger partial charge in [0.1, 0.15) is 17.7 Å². The minimum Gasteiger partial charge on any atom is -0.399 e. The minimum absolute atomic E-state index is 0.273. The number of hydrogen-bond acceptors (Lipinski definition) is 6.